The van der Waals surface area contributed by atoms with Gasteiger partial charge in [0, 0.05) is 44.3 Å². The summed E-state index contributed by atoms with van der Waals surface area (Å²) in [5.74, 6) is 0.991. The van der Waals surface area contributed by atoms with Gasteiger partial charge in [0.05, 0.1) is 6.61 Å². The molecule has 0 radical (unpaired) electrons. The van der Waals surface area contributed by atoms with Crippen molar-refractivity contribution >= 4 is 5.91 Å². The first kappa shape index (κ1) is 20.2. The second-order valence-corrected chi connectivity index (χ2v) is 8.05. The Hall–Kier alpha value is -1.59. The fourth-order valence-corrected chi connectivity index (χ4v) is 3.98. The summed E-state index contributed by atoms with van der Waals surface area (Å²) in [6.07, 6.45) is 5.11. The SMILES string of the molecule is CC(C)N1CCN(C(=O)c2ccc(OCCCN3CCCCC3)cc2)CC1. The number of rotatable bonds is 7. The molecule has 1 amide bonds. The lowest BCUT2D eigenvalue weighted by Crippen LogP contribution is -2.50. The fraction of sp³-hybridized carbons (Fsp3) is 0.682. The molecule has 2 fully saturated rings. The van der Waals surface area contributed by atoms with Gasteiger partial charge in [0.2, 0.25) is 0 Å². The van der Waals surface area contributed by atoms with E-state index in [0.29, 0.717) is 6.04 Å². The Morgan fingerprint density at radius 1 is 0.963 bits per heavy atom. The molecule has 0 aromatic heterocycles. The largest absolute Gasteiger partial charge is 0.494 e. The molecule has 0 bridgehead atoms. The predicted octanol–water partition coefficient (Wildman–Crippen LogP) is 3.11. The Morgan fingerprint density at radius 2 is 1.63 bits per heavy atom. The van der Waals surface area contributed by atoms with Crippen molar-refractivity contribution in [3.63, 3.8) is 0 Å². The minimum Gasteiger partial charge on any atom is -0.494 e. The summed E-state index contributed by atoms with van der Waals surface area (Å²) in [6.45, 7) is 12.3. The molecule has 2 heterocycles. The molecule has 1 aromatic carbocycles. The van der Waals surface area contributed by atoms with Crippen molar-refractivity contribution in [2.24, 2.45) is 0 Å². The van der Waals surface area contributed by atoms with Crippen LogP contribution in [0.1, 0.15) is 49.9 Å². The lowest BCUT2D eigenvalue weighted by Gasteiger charge is -2.37. The first-order chi connectivity index (χ1) is 13.1. The zero-order valence-corrected chi connectivity index (χ0v) is 17.0. The van der Waals surface area contributed by atoms with Gasteiger partial charge in [0.15, 0.2) is 0 Å². The molecule has 2 aliphatic rings. The smallest absolute Gasteiger partial charge is 0.253 e. The van der Waals surface area contributed by atoms with E-state index in [4.69, 9.17) is 4.74 Å². The monoisotopic (exact) mass is 373 g/mol. The van der Waals surface area contributed by atoms with Gasteiger partial charge in [0.25, 0.3) is 5.91 Å². The quantitative estimate of drug-likeness (QED) is 0.688. The summed E-state index contributed by atoms with van der Waals surface area (Å²) in [7, 11) is 0. The zero-order valence-electron chi connectivity index (χ0n) is 17.0. The van der Waals surface area contributed by atoms with Crippen LogP contribution in [0.5, 0.6) is 5.75 Å². The molecule has 3 rings (SSSR count). The van der Waals surface area contributed by atoms with Crippen molar-refractivity contribution in [2.45, 2.75) is 45.6 Å². The van der Waals surface area contributed by atoms with E-state index in [2.05, 4.69) is 23.6 Å². The maximum Gasteiger partial charge on any atom is 0.253 e. The molecule has 0 aliphatic carbocycles. The van der Waals surface area contributed by atoms with E-state index >= 15 is 0 Å². The van der Waals surface area contributed by atoms with Crippen LogP contribution < -0.4 is 4.74 Å². The average molecular weight is 374 g/mol. The second kappa shape index (κ2) is 10.1. The molecule has 0 spiro atoms. The van der Waals surface area contributed by atoms with E-state index in [1.54, 1.807) is 0 Å². The van der Waals surface area contributed by atoms with Gasteiger partial charge in [-0.1, -0.05) is 6.42 Å². The topological polar surface area (TPSA) is 36.0 Å². The van der Waals surface area contributed by atoms with Crippen LogP contribution in [0.3, 0.4) is 0 Å². The molecule has 0 atom stereocenters. The molecule has 5 nitrogen and oxygen atoms in total. The molecule has 0 N–H and O–H groups in total. The first-order valence-corrected chi connectivity index (χ1v) is 10.6. The van der Waals surface area contributed by atoms with Crippen molar-refractivity contribution in [1.29, 1.82) is 0 Å². The molecule has 150 valence electrons. The third-order valence-electron chi connectivity index (χ3n) is 5.77. The highest BCUT2D eigenvalue weighted by molar-refractivity contribution is 5.94. The highest BCUT2D eigenvalue weighted by Gasteiger charge is 2.23. The maximum absolute atomic E-state index is 12.7. The van der Waals surface area contributed by atoms with Crippen LogP contribution in [0.15, 0.2) is 24.3 Å². The zero-order chi connectivity index (χ0) is 19.1. The number of carbonyl (C=O) groups is 1. The number of hydrogen-bond acceptors (Lipinski definition) is 4. The number of nitrogens with zero attached hydrogens (tertiary/aromatic N) is 3. The van der Waals surface area contributed by atoms with Crippen molar-refractivity contribution < 1.29 is 9.53 Å². The Bertz CT molecular complexity index is 574. The number of hydrogen-bond donors (Lipinski definition) is 0. The lowest BCUT2D eigenvalue weighted by molar-refractivity contribution is 0.0595. The Morgan fingerprint density at radius 3 is 2.26 bits per heavy atom. The molecule has 0 unspecified atom stereocenters. The van der Waals surface area contributed by atoms with Crippen LogP contribution in [0, 0.1) is 0 Å². The standard InChI is InChI=1S/C22H35N3O2/c1-19(2)24-14-16-25(17-15-24)22(26)20-7-9-21(10-8-20)27-18-6-13-23-11-4-3-5-12-23/h7-10,19H,3-6,11-18H2,1-2H3. The summed E-state index contributed by atoms with van der Waals surface area (Å²) in [6, 6.07) is 8.21. The third kappa shape index (κ3) is 5.94. The molecular weight excluding hydrogens is 338 g/mol. The summed E-state index contributed by atoms with van der Waals surface area (Å²) in [4.78, 5) is 19.6. The van der Waals surface area contributed by atoms with Gasteiger partial charge in [-0.3, -0.25) is 9.69 Å². The van der Waals surface area contributed by atoms with Crippen LogP contribution >= 0.6 is 0 Å². The van der Waals surface area contributed by atoms with Crippen LogP contribution in [-0.4, -0.2) is 79.1 Å². The van der Waals surface area contributed by atoms with Crippen molar-refractivity contribution in [3.8, 4) is 5.75 Å². The van der Waals surface area contributed by atoms with Crippen molar-refractivity contribution in [2.75, 3.05) is 52.4 Å². The van der Waals surface area contributed by atoms with E-state index in [9.17, 15) is 4.79 Å². The summed E-state index contributed by atoms with van der Waals surface area (Å²) in [5, 5.41) is 0. The van der Waals surface area contributed by atoms with Crippen molar-refractivity contribution in [3.05, 3.63) is 29.8 Å². The van der Waals surface area contributed by atoms with Crippen molar-refractivity contribution in [1.82, 2.24) is 14.7 Å². The molecule has 2 aliphatic heterocycles. The van der Waals surface area contributed by atoms with Gasteiger partial charge in [-0.05, 0) is 70.5 Å². The minimum atomic E-state index is 0.134. The molecule has 0 saturated carbocycles. The Kier molecular flexibility index (Phi) is 7.53. The van der Waals surface area contributed by atoms with E-state index in [1.165, 1.54) is 32.4 Å². The minimum absolute atomic E-state index is 0.134. The number of piperazine rings is 1. The normalized spacial score (nSPS) is 19.4. The van der Waals surface area contributed by atoms with Gasteiger partial charge < -0.3 is 14.5 Å². The van der Waals surface area contributed by atoms with Gasteiger partial charge in [-0.15, -0.1) is 0 Å². The van der Waals surface area contributed by atoms with E-state index < -0.39 is 0 Å². The molecule has 2 saturated heterocycles. The average Bonchev–Trinajstić information content (AvgIpc) is 2.72. The molecular formula is C22H35N3O2. The Labute approximate surface area is 164 Å². The van der Waals surface area contributed by atoms with Crippen LogP contribution in [0.2, 0.25) is 0 Å². The maximum atomic E-state index is 12.7. The van der Waals surface area contributed by atoms with Crippen LogP contribution in [0.25, 0.3) is 0 Å². The van der Waals surface area contributed by atoms with Gasteiger partial charge in [-0.25, -0.2) is 0 Å². The molecule has 5 heteroatoms. The molecule has 27 heavy (non-hydrogen) atoms. The number of amides is 1. The van der Waals surface area contributed by atoms with E-state index in [1.807, 2.05) is 29.2 Å². The van der Waals surface area contributed by atoms with E-state index in [0.717, 1.165) is 57.1 Å². The summed E-state index contributed by atoms with van der Waals surface area (Å²) >= 11 is 0. The number of carbonyl (C=O) groups excluding carboxylic acids is 1. The van der Waals surface area contributed by atoms with Crippen LogP contribution in [-0.2, 0) is 0 Å². The number of benzene rings is 1. The first-order valence-electron chi connectivity index (χ1n) is 10.6. The second-order valence-electron chi connectivity index (χ2n) is 8.05. The number of likely N-dealkylation sites (tertiary alicyclic amines) is 1. The van der Waals surface area contributed by atoms with Gasteiger partial charge in [-0.2, -0.15) is 0 Å². The highest BCUT2D eigenvalue weighted by atomic mass is 16.5. The third-order valence-corrected chi connectivity index (χ3v) is 5.77. The number of piperidine rings is 1. The molecule has 1 aromatic rings. The van der Waals surface area contributed by atoms with Gasteiger partial charge in [0.1, 0.15) is 5.75 Å². The Balaban J connectivity index is 1.39. The van der Waals surface area contributed by atoms with Gasteiger partial charge >= 0.3 is 0 Å². The summed E-state index contributed by atoms with van der Waals surface area (Å²) in [5.41, 5.74) is 0.758. The van der Waals surface area contributed by atoms with Crippen LogP contribution in [0.4, 0.5) is 0 Å². The lowest BCUT2D eigenvalue weighted by atomic mass is 10.1. The number of ether oxygens (including phenoxy) is 1. The predicted molar refractivity (Wildman–Crippen MR) is 109 cm³/mol. The van der Waals surface area contributed by atoms with E-state index in [-0.39, 0.29) is 5.91 Å². The summed E-state index contributed by atoms with van der Waals surface area (Å²) < 4.78 is 5.86. The fourth-order valence-electron chi connectivity index (χ4n) is 3.98. The highest BCUT2D eigenvalue weighted by Crippen LogP contribution is 2.16.